The van der Waals surface area contributed by atoms with Crippen LogP contribution in [-0.2, 0) is 11.3 Å². The average molecular weight is 445 g/mol. The van der Waals surface area contributed by atoms with Crippen LogP contribution in [0.4, 0.5) is 4.79 Å². The van der Waals surface area contributed by atoms with Crippen LogP contribution >= 0.6 is 35.0 Å². The normalized spacial score (nSPS) is 15.2. The van der Waals surface area contributed by atoms with Gasteiger partial charge in [0.1, 0.15) is 11.5 Å². The van der Waals surface area contributed by atoms with Gasteiger partial charge in [0.25, 0.3) is 5.91 Å². The lowest BCUT2D eigenvalue weighted by molar-refractivity contribution is -0.123. The lowest BCUT2D eigenvalue weighted by Gasteiger charge is -2.11. The lowest BCUT2D eigenvalue weighted by atomic mass is 10.2. The van der Waals surface area contributed by atoms with Gasteiger partial charge in [0.15, 0.2) is 5.09 Å². The number of benzene rings is 2. The van der Waals surface area contributed by atoms with Gasteiger partial charge in [-0.05, 0) is 54.1 Å². The van der Waals surface area contributed by atoms with Crippen molar-refractivity contribution < 1.29 is 14.0 Å². The zero-order valence-electron chi connectivity index (χ0n) is 14.9. The Labute approximate surface area is 181 Å². The number of hydrogen-bond acceptors (Lipinski definition) is 4. The third-order valence-electron chi connectivity index (χ3n) is 4.14. The minimum atomic E-state index is -0.474. The number of carbonyl (C=O) groups excluding carboxylic acids is 2. The van der Waals surface area contributed by atoms with E-state index in [1.807, 2.05) is 12.1 Å². The number of furan rings is 1. The van der Waals surface area contributed by atoms with Gasteiger partial charge in [-0.25, -0.2) is 4.79 Å². The Morgan fingerprint density at radius 3 is 2.28 bits per heavy atom. The molecule has 2 aromatic carbocycles. The summed E-state index contributed by atoms with van der Waals surface area (Å²) in [7, 11) is 0. The van der Waals surface area contributed by atoms with Crippen LogP contribution in [0.3, 0.4) is 0 Å². The molecule has 1 saturated heterocycles. The molecule has 1 aromatic heterocycles. The number of imide groups is 1. The SMILES string of the molecule is O=C1N/C(=C\c2ccc(Sc3ccc(Cl)cc3)o2)C(=O)N1Cc1ccc(Cl)cc1. The zero-order valence-corrected chi connectivity index (χ0v) is 17.2. The molecule has 1 aliphatic rings. The maximum Gasteiger partial charge on any atom is 0.329 e. The zero-order chi connectivity index (χ0) is 20.4. The second-order valence-electron chi connectivity index (χ2n) is 6.22. The van der Waals surface area contributed by atoms with E-state index in [9.17, 15) is 9.59 Å². The van der Waals surface area contributed by atoms with Crippen molar-refractivity contribution in [2.45, 2.75) is 16.5 Å². The summed E-state index contributed by atoms with van der Waals surface area (Å²) >= 11 is 13.2. The van der Waals surface area contributed by atoms with E-state index >= 15 is 0 Å². The lowest BCUT2D eigenvalue weighted by Crippen LogP contribution is -2.30. The first-order valence-electron chi connectivity index (χ1n) is 8.60. The molecule has 0 unspecified atom stereocenters. The highest BCUT2D eigenvalue weighted by atomic mass is 35.5. The minimum Gasteiger partial charge on any atom is -0.450 e. The molecule has 1 fully saturated rings. The van der Waals surface area contributed by atoms with E-state index in [-0.39, 0.29) is 12.2 Å². The van der Waals surface area contributed by atoms with E-state index in [4.69, 9.17) is 27.6 Å². The van der Waals surface area contributed by atoms with Crippen LogP contribution in [0.5, 0.6) is 0 Å². The summed E-state index contributed by atoms with van der Waals surface area (Å²) in [4.78, 5) is 26.9. The van der Waals surface area contributed by atoms with Crippen molar-refractivity contribution in [1.82, 2.24) is 10.2 Å². The number of nitrogens with zero attached hydrogens (tertiary/aromatic N) is 1. The quantitative estimate of drug-likeness (QED) is 0.397. The second-order valence-corrected chi connectivity index (χ2v) is 8.17. The first-order chi connectivity index (χ1) is 14.0. The van der Waals surface area contributed by atoms with Crippen molar-refractivity contribution in [3.8, 4) is 0 Å². The fourth-order valence-corrected chi connectivity index (χ4v) is 3.75. The highest BCUT2D eigenvalue weighted by Crippen LogP contribution is 2.31. The van der Waals surface area contributed by atoms with Gasteiger partial charge in [0.05, 0.1) is 6.54 Å². The van der Waals surface area contributed by atoms with Gasteiger partial charge < -0.3 is 9.73 Å². The monoisotopic (exact) mass is 444 g/mol. The first kappa shape index (κ1) is 19.6. The van der Waals surface area contributed by atoms with Gasteiger partial charge in [-0.15, -0.1) is 0 Å². The highest BCUT2D eigenvalue weighted by Gasteiger charge is 2.33. The minimum absolute atomic E-state index is 0.162. The maximum absolute atomic E-state index is 12.6. The summed E-state index contributed by atoms with van der Waals surface area (Å²) in [6.45, 7) is 0.162. The largest absolute Gasteiger partial charge is 0.450 e. The van der Waals surface area contributed by atoms with Crippen LogP contribution in [-0.4, -0.2) is 16.8 Å². The van der Waals surface area contributed by atoms with Crippen molar-refractivity contribution in [3.63, 3.8) is 0 Å². The van der Waals surface area contributed by atoms with Gasteiger partial charge in [-0.2, -0.15) is 0 Å². The van der Waals surface area contributed by atoms with Crippen molar-refractivity contribution in [3.05, 3.63) is 87.7 Å². The average Bonchev–Trinajstić information content (AvgIpc) is 3.25. The molecular weight excluding hydrogens is 431 g/mol. The topological polar surface area (TPSA) is 62.6 Å². The Morgan fingerprint density at radius 2 is 1.59 bits per heavy atom. The van der Waals surface area contributed by atoms with Gasteiger partial charge in [0.2, 0.25) is 0 Å². The number of nitrogens with one attached hydrogen (secondary N) is 1. The molecular formula is C21H14Cl2N2O3S. The summed E-state index contributed by atoms with van der Waals surface area (Å²) in [5.41, 5.74) is 0.972. The molecule has 2 heterocycles. The third kappa shape index (κ3) is 4.67. The number of rotatable bonds is 5. The van der Waals surface area contributed by atoms with E-state index in [0.29, 0.717) is 20.9 Å². The second kappa shape index (κ2) is 8.37. The Bertz CT molecular complexity index is 1090. The van der Waals surface area contributed by atoms with E-state index in [0.717, 1.165) is 15.4 Å². The smallest absolute Gasteiger partial charge is 0.329 e. The molecule has 4 rings (SSSR count). The van der Waals surface area contributed by atoms with Crippen LogP contribution in [0.25, 0.3) is 6.08 Å². The predicted molar refractivity (Wildman–Crippen MR) is 113 cm³/mol. The summed E-state index contributed by atoms with van der Waals surface area (Å²) in [6.07, 6.45) is 1.52. The number of halogens is 2. The number of amides is 3. The molecule has 0 bridgehead atoms. The van der Waals surface area contributed by atoms with Gasteiger partial charge >= 0.3 is 6.03 Å². The molecule has 29 heavy (non-hydrogen) atoms. The molecule has 5 nitrogen and oxygen atoms in total. The van der Waals surface area contributed by atoms with E-state index < -0.39 is 11.9 Å². The fraction of sp³-hybridized carbons (Fsp3) is 0.0476. The molecule has 0 radical (unpaired) electrons. The standard InChI is InChI=1S/C21H14Cl2N2O3S/c22-14-3-1-13(2-4-14)12-25-20(26)18(24-21(25)27)11-16-7-10-19(28-16)29-17-8-5-15(23)6-9-17/h1-11H,12H2,(H,24,27)/b18-11-. The summed E-state index contributed by atoms with van der Waals surface area (Å²) < 4.78 is 5.75. The Balaban J connectivity index is 1.46. The summed E-state index contributed by atoms with van der Waals surface area (Å²) in [5.74, 6) is 0.0618. The molecule has 3 amide bonds. The number of hydrogen-bond donors (Lipinski definition) is 1. The summed E-state index contributed by atoms with van der Waals surface area (Å²) in [6, 6.07) is 17.4. The van der Waals surface area contributed by atoms with Gasteiger partial charge in [-0.1, -0.05) is 47.1 Å². The van der Waals surface area contributed by atoms with Gasteiger partial charge in [0, 0.05) is 21.0 Å². The highest BCUT2D eigenvalue weighted by molar-refractivity contribution is 7.99. The van der Waals surface area contributed by atoms with E-state index in [2.05, 4.69) is 5.32 Å². The molecule has 1 aliphatic heterocycles. The van der Waals surface area contributed by atoms with Crippen LogP contribution < -0.4 is 5.32 Å². The van der Waals surface area contributed by atoms with Crippen LogP contribution in [0.1, 0.15) is 11.3 Å². The molecule has 3 aromatic rings. The van der Waals surface area contributed by atoms with Crippen LogP contribution in [0.15, 0.2) is 80.8 Å². The van der Waals surface area contributed by atoms with Crippen molar-refractivity contribution in [2.24, 2.45) is 0 Å². The predicted octanol–water partition coefficient (Wildman–Crippen LogP) is 5.83. The van der Waals surface area contributed by atoms with Crippen LogP contribution in [0.2, 0.25) is 10.0 Å². The van der Waals surface area contributed by atoms with Crippen LogP contribution in [0, 0.1) is 0 Å². The molecule has 8 heteroatoms. The molecule has 0 atom stereocenters. The Kier molecular flexibility index (Phi) is 5.67. The fourth-order valence-electron chi connectivity index (χ4n) is 2.72. The molecule has 1 N–H and O–H groups in total. The Hall–Kier alpha value is -2.67. The molecule has 0 aliphatic carbocycles. The number of carbonyl (C=O) groups is 2. The first-order valence-corrected chi connectivity index (χ1v) is 10.2. The Morgan fingerprint density at radius 1 is 0.931 bits per heavy atom. The summed E-state index contributed by atoms with van der Waals surface area (Å²) in [5, 5.41) is 4.51. The third-order valence-corrected chi connectivity index (χ3v) is 5.57. The molecule has 146 valence electrons. The van der Waals surface area contributed by atoms with E-state index in [1.54, 1.807) is 48.5 Å². The van der Waals surface area contributed by atoms with Crippen molar-refractivity contribution in [2.75, 3.05) is 0 Å². The maximum atomic E-state index is 12.6. The van der Waals surface area contributed by atoms with Gasteiger partial charge in [-0.3, -0.25) is 9.69 Å². The van der Waals surface area contributed by atoms with Crippen molar-refractivity contribution >= 4 is 53.0 Å². The number of urea groups is 1. The molecule has 0 spiro atoms. The van der Waals surface area contributed by atoms with E-state index in [1.165, 1.54) is 17.8 Å². The molecule has 0 saturated carbocycles. The van der Waals surface area contributed by atoms with Crippen molar-refractivity contribution in [1.29, 1.82) is 0 Å².